The predicted molar refractivity (Wildman–Crippen MR) is 102 cm³/mol. The molecule has 0 saturated heterocycles. The van der Waals surface area contributed by atoms with Crippen LogP contribution in [0.4, 0.5) is 0 Å². The number of unbranched alkanes of at least 4 members (excludes halogenated alkanes) is 6. The van der Waals surface area contributed by atoms with Crippen molar-refractivity contribution in [3.05, 3.63) is 36.4 Å². The van der Waals surface area contributed by atoms with Gasteiger partial charge in [-0.1, -0.05) is 51.2 Å². The molecule has 0 aliphatic carbocycles. The van der Waals surface area contributed by atoms with Crippen LogP contribution < -0.4 is 4.74 Å². The standard InChI is InChI=1S/C20H28O4S/c1-2-3-4-5-6-7-8-9-10-16(15-19(21)22)20(23)24-17-11-13-18(25)14-12-17/h9-14,16,25H,2-8,15H2,1H3,(H,21,22). The minimum Gasteiger partial charge on any atom is -0.481 e. The molecule has 4 nitrogen and oxygen atoms in total. The summed E-state index contributed by atoms with van der Waals surface area (Å²) in [5.74, 6) is -1.94. The number of rotatable bonds is 12. The van der Waals surface area contributed by atoms with Gasteiger partial charge in [0, 0.05) is 4.90 Å². The van der Waals surface area contributed by atoms with Gasteiger partial charge in [-0.25, -0.2) is 0 Å². The third-order valence-electron chi connectivity index (χ3n) is 3.85. The molecule has 0 saturated carbocycles. The third kappa shape index (κ3) is 9.97. The fraction of sp³-hybridized carbons (Fsp3) is 0.500. The lowest BCUT2D eigenvalue weighted by Gasteiger charge is -2.10. The van der Waals surface area contributed by atoms with E-state index in [1.807, 2.05) is 6.08 Å². The fourth-order valence-electron chi connectivity index (χ4n) is 2.43. The number of carboxylic acids is 1. The topological polar surface area (TPSA) is 63.6 Å². The highest BCUT2D eigenvalue weighted by molar-refractivity contribution is 7.80. The first kappa shape index (κ1) is 21.3. The monoisotopic (exact) mass is 364 g/mol. The van der Waals surface area contributed by atoms with Crippen LogP contribution in [0.25, 0.3) is 0 Å². The molecule has 25 heavy (non-hydrogen) atoms. The zero-order valence-electron chi connectivity index (χ0n) is 14.8. The van der Waals surface area contributed by atoms with Crippen LogP contribution in [-0.2, 0) is 9.59 Å². The van der Waals surface area contributed by atoms with Crippen molar-refractivity contribution < 1.29 is 19.4 Å². The Morgan fingerprint density at radius 3 is 2.40 bits per heavy atom. The summed E-state index contributed by atoms with van der Waals surface area (Å²) in [6.45, 7) is 2.19. The minimum absolute atomic E-state index is 0.267. The predicted octanol–water partition coefficient (Wildman–Crippen LogP) is 5.28. The van der Waals surface area contributed by atoms with E-state index in [2.05, 4.69) is 19.6 Å². The number of thiol groups is 1. The molecule has 0 spiro atoms. The second kappa shape index (κ2) is 12.6. The molecule has 0 bridgehead atoms. The van der Waals surface area contributed by atoms with Crippen LogP contribution >= 0.6 is 12.6 Å². The molecular formula is C20H28O4S. The number of carbonyl (C=O) groups is 2. The van der Waals surface area contributed by atoms with E-state index in [9.17, 15) is 9.59 Å². The van der Waals surface area contributed by atoms with E-state index >= 15 is 0 Å². The van der Waals surface area contributed by atoms with Crippen molar-refractivity contribution in [1.82, 2.24) is 0 Å². The van der Waals surface area contributed by atoms with Gasteiger partial charge in [-0.2, -0.15) is 0 Å². The van der Waals surface area contributed by atoms with E-state index < -0.39 is 17.9 Å². The summed E-state index contributed by atoms with van der Waals surface area (Å²) in [5, 5.41) is 9.01. The maximum atomic E-state index is 12.2. The zero-order chi connectivity index (χ0) is 18.5. The lowest BCUT2D eigenvalue weighted by Crippen LogP contribution is -2.21. The van der Waals surface area contributed by atoms with Crippen molar-refractivity contribution in [1.29, 1.82) is 0 Å². The number of benzene rings is 1. The van der Waals surface area contributed by atoms with Gasteiger partial charge in [-0.15, -0.1) is 12.6 Å². The van der Waals surface area contributed by atoms with Crippen LogP contribution in [0, 0.1) is 5.92 Å². The van der Waals surface area contributed by atoms with E-state index in [4.69, 9.17) is 9.84 Å². The van der Waals surface area contributed by atoms with Crippen LogP contribution in [0.1, 0.15) is 58.3 Å². The van der Waals surface area contributed by atoms with Crippen molar-refractivity contribution in [3.8, 4) is 5.75 Å². The summed E-state index contributed by atoms with van der Waals surface area (Å²) in [6, 6.07) is 6.70. The molecule has 0 radical (unpaired) electrons. The number of carboxylic acid groups (broad SMARTS) is 1. The van der Waals surface area contributed by atoms with Gasteiger partial charge in [0.15, 0.2) is 0 Å². The summed E-state index contributed by atoms with van der Waals surface area (Å²) < 4.78 is 5.27. The molecule has 0 aromatic heterocycles. The highest BCUT2D eigenvalue weighted by atomic mass is 32.1. The molecule has 1 unspecified atom stereocenters. The smallest absolute Gasteiger partial charge is 0.318 e. The van der Waals surface area contributed by atoms with Crippen molar-refractivity contribution in [2.75, 3.05) is 0 Å². The summed E-state index contributed by atoms with van der Waals surface area (Å²) >= 11 is 4.17. The van der Waals surface area contributed by atoms with Gasteiger partial charge >= 0.3 is 11.9 Å². The van der Waals surface area contributed by atoms with Gasteiger partial charge < -0.3 is 9.84 Å². The first-order valence-corrected chi connectivity index (χ1v) is 9.36. The molecule has 1 atom stereocenters. The lowest BCUT2D eigenvalue weighted by atomic mass is 10.0. The SMILES string of the molecule is CCCCCCCCC=CC(CC(=O)O)C(=O)Oc1ccc(S)cc1. The summed E-state index contributed by atoms with van der Waals surface area (Å²) in [6.07, 6.45) is 11.4. The van der Waals surface area contributed by atoms with Crippen molar-refractivity contribution in [2.45, 2.75) is 63.2 Å². The van der Waals surface area contributed by atoms with Crippen LogP contribution in [-0.4, -0.2) is 17.0 Å². The summed E-state index contributed by atoms with van der Waals surface area (Å²) in [7, 11) is 0. The largest absolute Gasteiger partial charge is 0.481 e. The normalized spacial score (nSPS) is 12.2. The molecular weight excluding hydrogens is 336 g/mol. The second-order valence-electron chi connectivity index (χ2n) is 6.10. The van der Waals surface area contributed by atoms with Gasteiger partial charge in [0.1, 0.15) is 5.75 Å². The molecule has 1 N–H and O–H groups in total. The average Bonchev–Trinajstić information content (AvgIpc) is 2.58. The number of carbonyl (C=O) groups excluding carboxylic acids is 1. The molecule has 0 fully saturated rings. The molecule has 1 aromatic carbocycles. The van der Waals surface area contributed by atoms with E-state index in [-0.39, 0.29) is 6.42 Å². The Bertz CT molecular complexity index is 551. The second-order valence-corrected chi connectivity index (χ2v) is 6.62. The maximum Gasteiger partial charge on any atom is 0.318 e. The molecule has 0 heterocycles. The molecule has 0 amide bonds. The first-order valence-electron chi connectivity index (χ1n) is 8.92. The summed E-state index contributed by atoms with van der Waals surface area (Å²) in [5.41, 5.74) is 0. The van der Waals surface area contributed by atoms with Crippen LogP contribution in [0.15, 0.2) is 41.3 Å². The number of aliphatic carboxylic acids is 1. The molecule has 1 rings (SSSR count). The molecule has 138 valence electrons. The lowest BCUT2D eigenvalue weighted by molar-refractivity contribution is -0.144. The quantitative estimate of drug-likeness (QED) is 0.174. The number of esters is 1. The highest BCUT2D eigenvalue weighted by Crippen LogP contribution is 2.18. The third-order valence-corrected chi connectivity index (χ3v) is 4.14. The van der Waals surface area contributed by atoms with Gasteiger partial charge in [-0.3, -0.25) is 9.59 Å². The van der Waals surface area contributed by atoms with Gasteiger partial charge in [0.05, 0.1) is 12.3 Å². The van der Waals surface area contributed by atoms with Crippen LogP contribution in [0.3, 0.4) is 0 Å². The maximum absolute atomic E-state index is 12.2. The number of hydrogen-bond acceptors (Lipinski definition) is 4. The Hall–Kier alpha value is -1.75. The van der Waals surface area contributed by atoms with Gasteiger partial charge in [0.2, 0.25) is 0 Å². The number of hydrogen-bond donors (Lipinski definition) is 2. The van der Waals surface area contributed by atoms with E-state index in [0.717, 1.165) is 24.2 Å². The zero-order valence-corrected chi connectivity index (χ0v) is 15.7. The van der Waals surface area contributed by atoms with Crippen molar-refractivity contribution >= 4 is 24.6 Å². The number of ether oxygens (including phenoxy) is 1. The Labute approximate surface area is 155 Å². The van der Waals surface area contributed by atoms with Crippen molar-refractivity contribution in [2.24, 2.45) is 5.92 Å². The highest BCUT2D eigenvalue weighted by Gasteiger charge is 2.21. The fourth-order valence-corrected chi connectivity index (χ4v) is 2.58. The molecule has 5 heteroatoms. The Morgan fingerprint density at radius 1 is 1.12 bits per heavy atom. The van der Waals surface area contributed by atoms with Crippen LogP contribution in [0.2, 0.25) is 0 Å². The molecule has 1 aromatic rings. The Kier molecular flexibility index (Phi) is 10.7. The van der Waals surface area contributed by atoms with E-state index in [1.165, 1.54) is 25.7 Å². The van der Waals surface area contributed by atoms with Crippen molar-refractivity contribution in [3.63, 3.8) is 0 Å². The van der Waals surface area contributed by atoms with E-state index in [1.54, 1.807) is 30.3 Å². The van der Waals surface area contributed by atoms with Crippen LogP contribution in [0.5, 0.6) is 5.75 Å². The minimum atomic E-state index is -1.02. The van der Waals surface area contributed by atoms with Gasteiger partial charge in [0.25, 0.3) is 0 Å². The molecule has 0 aliphatic heterocycles. The number of allylic oxidation sites excluding steroid dienone is 1. The first-order chi connectivity index (χ1) is 12.0. The average molecular weight is 365 g/mol. The molecule has 0 aliphatic rings. The van der Waals surface area contributed by atoms with E-state index in [0.29, 0.717) is 5.75 Å². The van der Waals surface area contributed by atoms with Gasteiger partial charge in [-0.05, 0) is 37.1 Å². The summed E-state index contributed by atoms with van der Waals surface area (Å²) in [4.78, 5) is 24.0. The Morgan fingerprint density at radius 2 is 1.76 bits per heavy atom. The Balaban J connectivity index is 2.46.